The summed E-state index contributed by atoms with van der Waals surface area (Å²) in [6.45, 7) is 7.89. The highest BCUT2D eigenvalue weighted by Gasteiger charge is 2.26. The number of hydrogen-bond acceptors (Lipinski definition) is 6. The van der Waals surface area contributed by atoms with Crippen LogP contribution < -0.4 is 25.7 Å². The third kappa shape index (κ3) is 4.06. The molecule has 5 rings (SSSR count). The first-order chi connectivity index (χ1) is 16.2. The van der Waals surface area contributed by atoms with Crippen LogP contribution in [0.2, 0.25) is 0 Å². The van der Waals surface area contributed by atoms with Gasteiger partial charge in [-0.25, -0.2) is 4.68 Å². The predicted molar refractivity (Wildman–Crippen MR) is 130 cm³/mol. The molecule has 1 aromatic heterocycles. The number of piperazine rings is 1. The second kappa shape index (κ2) is 9.23. The monoisotopic (exact) mass is 449 g/mol. The first-order valence-corrected chi connectivity index (χ1v) is 11.7. The fourth-order valence-corrected chi connectivity index (χ4v) is 4.70. The van der Waals surface area contributed by atoms with E-state index in [-0.39, 0.29) is 5.56 Å². The number of anilines is 2. The van der Waals surface area contributed by atoms with E-state index >= 15 is 0 Å². The Hall–Kier alpha value is -3.39. The molecule has 1 fully saturated rings. The molecule has 8 nitrogen and oxygen atoms in total. The van der Waals surface area contributed by atoms with E-state index in [0.717, 1.165) is 55.5 Å². The number of benzene rings is 2. The topological polar surface area (TPSA) is 77.9 Å². The smallest absolute Gasteiger partial charge is 0.278 e. The Morgan fingerprint density at radius 2 is 1.70 bits per heavy atom. The molecule has 0 atom stereocenters. The van der Waals surface area contributed by atoms with Crippen LogP contribution in [0.1, 0.15) is 18.9 Å². The highest BCUT2D eigenvalue weighted by molar-refractivity contribution is 5.65. The third-order valence-electron chi connectivity index (χ3n) is 6.36. The molecule has 0 bridgehead atoms. The summed E-state index contributed by atoms with van der Waals surface area (Å²) >= 11 is 0. The van der Waals surface area contributed by atoms with Crippen LogP contribution >= 0.6 is 0 Å². The van der Waals surface area contributed by atoms with Gasteiger partial charge in [-0.1, -0.05) is 31.2 Å². The third-order valence-corrected chi connectivity index (χ3v) is 6.36. The zero-order valence-electron chi connectivity index (χ0n) is 19.1. The Bertz CT molecular complexity index is 1160. The van der Waals surface area contributed by atoms with Crippen molar-refractivity contribution in [2.45, 2.75) is 26.4 Å². The van der Waals surface area contributed by atoms with Crippen LogP contribution in [0.15, 0.2) is 53.3 Å². The van der Waals surface area contributed by atoms with Gasteiger partial charge >= 0.3 is 0 Å². The highest BCUT2D eigenvalue weighted by atomic mass is 16.6. The fourth-order valence-electron chi connectivity index (χ4n) is 4.70. The van der Waals surface area contributed by atoms with Gasteiger partial charge in [-0.3, -0.25) is 14.4 Å². The number of nitrogens with two attached hydrogens (primary N) is 1. The number of ether oxygens (including phenoxy) is 2. The Balaban J connectivity index is 1.34. The van der Waals surface area contributed by atoms with Gasteiger partial charge in [-0.05, 0) is 30.7 Å². The normalized spacial score (nSPS) is 16.2. The molecule has 2 aliphatic heterocycles. The number of rotatable bonds is 6. The Labute approximate surface area is 193 Å². The van der Waals surface area contributed by atoms with Gasteiger partial charge in [0.1, 0.15) is 19.0 Å². The number of nitrogens with zero attached hydrogens (tertiary/aromatic N) is 4. The summed E-state index contributed by atoms with van der Waals surface area (Å²) in [7, 11) is 0. The molecule has 0 aliphatic carbocycles. The van der Waals surface area contributed by atoms with Gasteiger partial charge < -0.3 is 20.1 Å². The fraction of sp³-hybridized carbons (Fsp3) is 0.400. The minimum atomic E-state index is -0.0303. The Morgan fingerprint density at radius 3 is 2.45 bits per heavy atom. The lowest BCUT2D eigenvalue weighted by Crippen LogP contribution is -2.46. The number of para-hydroxylation sites is 2. The largest absolute Gasteiger partial charge is 0.486 e. The van der Waals surface area contributed by atoms with Gasteiger partial charge in [-0.15, -0.1) is 0 Å². The molecule has 1 saturated heterocycles. The van der Waals surface area contributed by atoms with E-state index in [2.05, 4.69) is 22.8 Å². The SMILES string of the molecule is CCCn1c(N)c(CN2CCN(c3cccc4c3OCCO4)CC2)c(=O)n1-c1ccccc1. The second-order valence-corrected chi connectivity index (χ2v) is 8.50. The molecule has 0 amide bonds. The van der Waals surface area contributed by atoms with E-state index in [4.69, 9.17) is 15.2 Å². The van der Waals surface area contributed by atoms with Crippen molar-refractivity contribution in [1.29, 1.82) is 0 Å². The van der Waals surface area contributed by atoms with E-state index in [1.807, 2.05) is 47.1 Å². The van der Waals surface area contributed by atoms with Gasteiger partial charge in [0, 0.05) is 39.3 Å². The average molecular weight is 450 g/mol. The summed E-state index contributed by atoms with van der Waals surface area (Å²) in [6, 6.07) is 15.8. The van der Waals surface area contributed by atoms with Crippen LogP contribution in [0.4, 0.5) is 11.5 Å². The van der Waals surface area contributed by atoms with Crippen molar-refractivity contribution in [1.82, 2.24) is 14.3 Å². The van der Waals surface area contributed by atoms with Crippen molar-refractivity contribution in [2.75, 3.05) is 50.0 Å². The molecule has 33 heavy (non-hydrogen) atoms. The van der Waals surface area contributed by atoms with Crippen molar-refractivity contribution in [3.05, 3.63) is 64.4 Å². The van der Waals surface area contributed by atoms with Crippen LogP contribution in [0.3, 0.4) is 0 Å². The maximum Gasteiger partial charge on any atom is 0.278 e. The zero-order valence-corrected chi connectivity index (χ0v) is 19.1. The van der Waals surface area contributed by atoms with E-state index in [1.54, 1.807) is 4.68 Å². The molecule has 0 saturated carbocycles. The van der Waals surface area contributed by atoms with Crippen molar-refractivity contribution in [3.8, 4) is 17.2 Å². The first-order valence-electron chi connectivity index (χ1n) is 11.7. The molecule has 3 heterocycles. The minimum Gasteiger partial charge on any atom is -0.486 e. The van der Waals surface area contributed by atoms with Crippen LogP contribution in [0, 0.1) is 0 Å². The molecule has 8 heteroatoms. The number of hydrogen-bond donors (Lipinski definition) is 1. The summed E-state index contributed by atoms with van der Waals surface area (Å²) < 4.78 is 15.3. The van der Waals surface area contributed by atoms with Crippen LogP contribution in [0.25, 0.3) is 5.69 Å². The molecule has 3 aromatic rings. The molecular weight excluding hydrogens is 418 g/mol. The number of aromatic nitrogens is 2. The first kappa shape index (κ1) is 21.5. The molecule has 0 spiro atoms. The summed E-state index contributed by atoms with van der Waals surface area (Å²) in [5.74, 6) is 2.22. The minimum absolute atomic E-state index is 0.0303. The molecule has 174 valence electrons. The van der Waals surface area contributed by atoms with Crippen LogP contribution in [0.5, 0.6) is 11.5 Å². The average Bonchev–Trinajstić information content (AvgIpc) is 3.09. The van der Waals surface area contributed by atoms with Crippen LogP contribution in [-0.2, 0) is 13.1 Å². The number of nitrogen functional groups attached to an aromatic ring is 1. The lowest BCUT2D eigenvalue weighted by atomic mass is 10.2. The highest BCUT2D eigenvalue weighted by Crippen LogP contribution is 2.39. The quantitative estimate of drug-likeness (QED) is 0.624. The van der Waals surface area contributed by atoms with Gasteiger partial charge in [-0.2, -0.15) is 0 Å². The summed E-state index contributed by atoms with van der Waals surface area (Å²) in [6.07, 6.45) is 0.899. The molecule has 2 aliphatic rings. The van der Waals surface area contributed by atoms with Crippen molar-refractivity contribution in [3.63, 3.8) is 0 Å². The zero-order chi connectivity index (χ0) is 22.8. The maximum atomic E-state index is 13.4. The summed E-state index contributed by atoms with van der Waals surface area (Å²) in [4.78, 5) is 18.0. The van der Waals surface area contributed by atoms with Gasteiger partial charge in [0.2, 0.25) is 0 Å². The van der Waals surface area contributed by atoms with Crippen molar-refractivity contribution in [2.24, 2.45) is 0 Å². The maximum absolute atomic E-state index is 13.4. The second-order valence-electron chi connectivity index (χ2n) is 8.50. The van der Waals surface area contributed by atoms with Crippen molar-refractivity contribution >= 4 is 11.5 Å². The molecular formula is C25H31N5O3. The summed E-state index contributed by atoms with van der Waals surface area (Å²) in [5, 5.41) is 0. The van der Waals surface area contributed by atoms with E-state index < -0.39 is 0 Å². The summed E-state index contributed by atoms with van der Waals surface area (Å²) in [5.41, 5.74) is 9.08. The Kier molecular flexibility index (Phi) is 6.00. The van der Waals surface area contributed by atoms with E-state index in [1.165, 1.54) is 0 Å². The lowest BCUT2D eigenvalue weighted by Gasteiger charge is -2.37. The standard InChI is InChI=1S/C25H31N5O3/c1-2-11-29-24(26)20(25(31)30(29)19-7-4-3-5-8-19)18-27-12-14-28(15-13-27)21-9-6-10-22-23(21)33-17-16-32-22/h3-10H,2,11-18,26H2,1H3. The lowest BCUT2D eigenvalue weighted by molar-refractivity contribution is 0.171. The van der Waals surface area contributed by atoms with Crippen molar-refractivity contribution < 1.29 is 9.47 Å². The Morgan fingerprint density at radius 1 is 0.939 bits per heavy atom. The molecule has 0 unspecified atom stereocenters. The van der Waals surface area contributed by atoms with Gasteiger partial charge in [0.15, 0.2) is 11.5 Å². The number of fused-ring (bicyclic) bond motifs is 1. The molecule has 2 aromatic carbocycles. The molecule has 2 N–H and O–H groups in total. The van der Waals surface area contributed by atoms with Gasteiger partial charge in [0.25, 0.3) is 5.56 Å². The predicted octanol–water partition coefficient (Wildman–Crippen LogP) is 2.72. The van der Waals surface area contributed by atoms with E-state index in [0.29, 0.717) is 37.7 Å². The molecule has 0 radical (unpaired) electrons. The van der Waals surface area contributed by atoms with Crippen LogP contribution in [-0.4, -0.2) is 53.7 Å². The van der Waals surface area contributed by atoms with Gasteiger partial charge in [0.05, 0.1) is 16.9 Å². The van der Waals surface area contributed by atoms with E-state index in [9.17, 15) is 4.79 Å².